The number of allylic oxidation sites excluding steroid dienone is 1. The SMILES string of the molecule is CCCC(N)=C1NC(c2cc(S(=O)(=O)N3CCC(=O)/C(=C\c4ccccc4OC)C3)ccc2C)N(N)C(=O)C1=NC. The molecule has 218 valence electrons. The van der Waals surface area contributed by atoms with Gasteiger partial charge in [0.25, 0.3) is 5.91 Å². The highest BCUT2D eigenvalue weighted by Gasteiger charge is 2.38. The van der Waals surface area contributed by atoms with Crippen LogP contribution in [0.3, 0.4) is 0 Å². The van der Waals surface area contributed by atoms with E-state index in [1.165, 1.54) is 30.6 Å². The van der Waals surface area contributed by atoms with Crippen LogP contribution in [0.1, 0.15) is 49.0 Å². The summed E-state index contributed by atoms with van der Waals surface area (Å²) in [5.41, 5.74) is 9.53. The van der Waals surface area contributed by atoms with Gasteiger partial charge in [-0.15, -0.1) is 0 Å². The van der Waals surface area contributed by atoms with E-state index in [1.807, 2.05) is 26.0 Å². The van der Waals surface area contributed by atoms with Crippen molar-refractivity contribution < 1.29 is 22.7 Å². The zero-order chi connectivity index (χ0) is 29.9. The van der Waals surface area contributed by atoms with E-state index in [-0.39, 0.29) is 35.9 Å². The Kier molecular flexibility index (Phi) is 8.95. The molecule has 0 spiro atoms. The second kappa shape index (κ2) is 12.2. The van der Waals surface area contributed by atoms with Crippen molar-refractivity contribution in [2.24, 2.45) is 16.6 Å². The van der Waals surface area contributed by atoms with E-state index in [0.29, 0.717) is 40.3 Å². The first-order valence-corrected chi connectivity index (χ1v) is 14.8. The summed E-state index contributed by atoms with van der Waals surface area (Å²) in [6, 6.07) is 11.9. The number of methoxy groups -OCH3 is 1. The zero-order valence-corrected chi connectivity index (χ0v) is 24.5. The highest BCUT2D eigenvalue weighted by atomic mass is 32.2. The fraction of sp³-hybridized carbons (Fsp3) is 0.345. The molecule has 0 radical (unpaired) electrons. The summed E-state index contributed by atoms with van der Waals surface area (Å²) in [5, 5.41) is 4.21. The third-order valence-corrected chi connectivity index (χ3v) is 9.08. The number of hydrazine groups is 1. The second-order valence-corrected chi connectivity index (χ2v) is 11.9. The summed E-state index contributed by atoms with van der Waals surface area (Å²) in [6.45, 7) is 3.74. The van der Waals surface area contributed by atoms with E-state index in [9.17, 15) is 18.0 Å². The normalized spacial score (nSPS) is 21.8. The van der Waals surface area contributed by atoms with Crippen molar-refractivity contribution in [3.63, 3.8) is 0 Å². The first-order valence-electron chi connectivity index (χ1n) is 13.3. The van der Waals surface area contributed by atoms with Gasteiger partial charge in [-0.05, 0) is 43.2 Å². The Hall–Kier alpha value is -4.00. The van der Waals surface area contributed by atoms with Crippen LogP contribution in [-0.2, 0) is 19.6 Å². The van der Waals surface area contributed by atoms with Crippen LogP contribution < -0.4 is 21.6 Å². The molecular formula is C29H36N6O5S. The summed E-state index contributed by atoms with van der Waals surface area (Å²) < 4.78 is 34.4. The van der Waals surface area contributed by atoms with Crippen LogP contribution >= 0.6 is 0 Å². The smallest absolute Gasteiger partial charge is 0.290 e. The molecule has 11 nitrogen and oxygen atoms in total. The van der Waals surface area contributed by atoms with Crippen molar-refractivity contribution in [1.82, 2.24) is 14.6 Å². The number of nitrogens with one attached hydrogen (secondary N) is 1. The Labute approximate surface area is 240 Å². The van der Waals surface area contributed by atoms with Gasteiger partial charge in [-0.25, -0.2) is 19.3 Å². The largest absolute Gasteiger partial charge is 0.496 e. The molecule has 0 saturated carbocycles. The van der Waals surface area contributed by atoms with E-state index in [2.05, 4.69) is 10.3 Å². The molecule has 5 N–H and O–H groups in total. The highest BCUT2D eigenvalue weighted by molar-refractivity contribution is 7.89. The molecule has 12 heteroatoms. The Morgan fingerprint density at radius 2 is 1.95 bits per heavy atom. The van der Waals surface area contributed by atoms with Crippen molar-refractivity contribution in [1.29, 1.82) is 0 Å². The van der Waals surface area contributed by atoms with Gasteiger partial charge in [-0.3, -0.25) is 14.6 Å². The summed E-state index contributed by atoms with van der Waals surface area (Å²) >= 11 is 0. The quantitative estimate of drug-likeness (QED) is 0.256. The van der Waals surface area contributed by atoms with Gasteiger partial charge in [0.1, 0.15) is 17.6 Å². The lowest BCUT2D eigenvalue weighted by Crippen LogP contribution is -2.56. The molecule has 2 heterocycles. The number of aryl methyl sites for hydroxylation is 1. The van der Waals surface area contributed by atoms with Crippen LogP contribution in [0.15, 0.2) is 69.3 Å². The minimum Gasteiger partial charge on any atom is -0.496 e. The average Bonchev–Trinajstić information content (AvgIpc) is 2.96. The minimum absolute atomic E-state index is 0.0220. The first-order chi connectivity index (χ1) is 19.5. The number of ketones is 1. The van der Waals surface area contributed by atoms with Crippen molar-refractivity contribution in [2.75, 3.05) is 27.2 Å². The van der Waals surface area contributed by atoms with Gasteiger partial charge in [0.15, 0.2) is 5.78 Å². The third-order valence-electron chi connectivity index (χ3n) is 7.24. The van der Waals surface area contributed by atoms with Crippen LogP contribution in [0.2, 0.25) is 0 Å². The summed E-state index contributed by atoms with van der Waals surface area (Å²) in [7, 11) is -0.988. The number of amides is 1. The molecule has 41 heavy (non-hydrogen) atoms. The van der Waals surface area contributed by atoms with Crippen molar-refractivity contribution >= 4 is 33.5 Å². The minimum atomic E-state index is -4.01. The summed E-state index contributed by atoms with van der Waals surface area (Å²) in [6.07, 6.45) is 2.15. The number of aliphatic imine (C=N–C) groups is 1. The van der Waals surface area contributed by atoms with Crippen molar-refractivity contribution in [3.8, 4) is 5.75 Å². The van der Waals surface area contributed by atoms with E-state index in [4.69, 9.17) is 16.3 Å². The molecule has 1 atom stereocenters. The number of carbonyl (C=O) groups is 2. The van der Waals surface area contributed by atoms with Gasteiger partial charge in [-0.1, -0.05) is 37.6 Å². The average molecular weight is 581 g/mol. The third kappa shape index (κ3) is 5.90. The van der Waals surface area contributed by atoms with E-state index < -0.39 is 22.1 Å². The molecule has 0 aromatic heterocycles. The number of benzene rings is 2. The number of nitrogens with two attached hydrogens (primary N) is 2. The Morgan fingerprint density at radius 3 is 2.63 bits per heavy atom. The molecule has 0 aliphatic carbocycles. The summed E-state index contributed by atoms with van der Waals surface area (Å²) in [5.74, 6) is 6.16. The summed E-state index contributed by atoms with van der Waals surface area (Å²) in [4.78, 5) is 30.0. The maximum atomic E-state index is 13.8. The lowest BCUT2D eigenvalue weighted by Gasteiger charge is -2.37. The molecule has 2 aromatic rings. The highest BCUT2D eigenvalue weighted by Crippen LogP contribution is 2.31. The molecule has 1 amide bonds. The molecule has 2 aliphatic heterocycles. The number of para-hydroxylation sites is 1. The maximum Gasteiger partial charge on any atom is 0.290 e. The van der Waals surface area contributed by atoms with E-state index in [0.717, 1.165) is 17.0 Å². The first kappa shape index (κ1) is 30.0. The molecular weight excluding hydrogens is 544 g/mol. The van der Waals surface area contributed by atoms with Crippen LogP contribution in [0, 0.1) is 6.92 Å². The number of hydrogen-bond acceptors (Lipinski definition) is 9. The molecule has 2 aromatic carbocycles. The molecule has 2 fully saturated rings. The number of Topliss-reactive ketones (excluding diaryl/α,β-unsaturated/α-hetero) is 1. The van der Waals surface area contributed by atoms with Crippen LogP contribution in [0.5, 0.6) is 5.75 Å². The van der Waals surface area contributed by atoms with E-state index in [1.54, 1.807) is 24.3 Å². The monoisotopic (exact) mass is 580 g/mol. The van der Waals surface area contributed by atoms with Gasteiger partial charge >= 0.3 is 0 Å². The number of nitrogens with zero attached hydrogens (tertiary/aromatic N) is 3. The number of ether oxygens (including phenoxy) is 1. The Bertz CT molecular complexity index is 1560. The van der Waals surface area contributed by atoms with Gasteiger partial charge in [0, 0.05) is 49.0 Å². The molecule has 1 unspecified atom stereocenters. The zero-order valence-electron chi connectivity index (χ0n) is 23.7. The van der Waals surface area contributed by atoms with Gasteiger partial charge in [0.05, 0.1) is 17.7 Å². The lowest BCUT2D eigenvalue weighted by atomic mass is 10.0. The molecule has 0 bridgehead atoms. The van der Waals surface area contributed by atoms with Gasteiger partial charge in [0.2, 0.25) is 10.0 Å². The van der Waals surface area contributed by atoms with Crippen molar-refractivity contribution in [2.45, 2.75) is 44.2 Å². The molecule has 2 aliphatic rings. The van der Waals surface area contributed by atoms with Crippen LogP contribution in [0.25, 0.3) is 6.08 Å². The Balaban J connectivity index is 1.70. The predicted molar refractivity (Wildman–Crippen MR) is 157 cm³/mol. The fourth-order valence-corrected chi connectivity index (χ4v) is 6.42. The lowest BCUT2D eigenvalue weighted by molar-refractivity contribution is -0.128. The second-order valence-electron chi connectivity index (χ2n) is 9.92. The number of sulfonamides is 1. The number of hydrogen-bond donors (Lipinski definition) is 3. The number of piperidine rings is 1. The van der Waals surface area contributed by atoms with Crippen LogP contribution in [-0.4, -0.2) is 62.4 Å². The number of carbonyl (C=O) groups excluding carboxylic acids is 2. The van der Waals surface area contributed by atoms with Gasteiger partial charge in [-0.2, -0.15) is 4.31 Å². The fourth-order valence-electron chi connectivity index (χ4n) is 4.97. The molecule has 4 rings (SSSR count). The van der Waals surface area contributed by atoms with E-state index >= 15 is 0 Å². The van der Waals surface area contributed by atoms with Crippen molar-refractivity contribution in [3.05, 3.63) is 76.1 Å². The van der Waals surface area contributed by atoms with Crippen LogP contribution in [0.4, 0.5) is 0 Å². The van der Waals surface area contributed by atoms with Gasteiger partial charge < -0.3 is 15.8 Å². The topological polar surface area (TPSA) is 160 Å². The maximum absolute atomic E-state index is 13.8. The predicted octanol–water partition coefficient (Wildman–Crippen LogP) is 2.40. The standard InChI is InChI=1S/C29H36N6O5S/c1-5-8-23(30)26-27(32-3)29(37)35(31)28(33-26)22-16-21(12-11-18(22)2)41(38,39)34-14-13-24(36)20(17-34)15-19-9-6-7-10-25(19)40-4/h6-7,9-12,15-16,28,33H,5,8,13-14,17,30-31H2,1-4H3/b20-15-,26-23?,32-27?. The molecule has 2 saturated heterocycles. The number of rotatable bonds is 7. The Morgan fingerprint density at radius 1 is 1.22 bits per heavy atom.